The van der Waals surface area contributed by atoms with Crippen molar-refractivity contribution in [1.29, 1.82) is 0 Å². The monoisotopic (exact) mass is 439 g/mol. The van der Waals surface area contributed by atoms with Crippen LogP contribution in [0.1, 0.15) is 53.1 Å². The van der Waals surface area contributed by atoms with Gasteiger partial charge in [-0.1, -0.05) is 19.3 Å². The van der Waals surface area contributed by atoms with E-state index < -0.39 is 0 Å². The molecule has 5 rings (SSSR count). The Hall–Kier alpha value is -2.45. The van der Waals surface area contributed by atoms with Crippen LogP contribution < -0.4 is 5.32 Å². The van der Waals surface area contributed by atoms with Crippen LogP contribution in [0.2, 0.25) is 0 Å². The summed E-state index contributed by atoms with van der Waals surface area (Å²) in [5.41, 5.74) is 0.960. The third-order valence-electron chi connectivity index (χ3n) is 6.62. The first-order chi connectivity index (χ1) is 15.2. The van der Waals surface area contributed by atoms with Crippen molar-refractivity contribution in [1.82, 2.24) is 19.8 Å². The zero-order chi connectivity index (χ0) is 21.2. The van der Waals surface area contributed by atoms with E-state index in [0.29, 0.717) is 6.54 Å². The van der Waals surface area contributed by atoms with Gasteiger partial charge >= 0.3 is 0 Å². The van der Waals surface area contributed by atoms with Gasteiger partial charge in [0, 0.05) is 32.2 Å². The minimum Gasteiger partial charge on any atom is -0.467 e. The average molecular weight is 440 g/mol. The highest BCUT2D eigenvalue weighted by molar-refractivity contribution is 7.20. The number of anilines is 1. The summed E-state index contributed by atoms with van der Waals surface area (Å²) in [7, 11) is 0. The molecule has 1 saturated heterocycles. The number of hydrogen-bond acceptors (Lipinski definition) is 7. The van der Waals surface area contributed by atoms with Crippen LogP contribution in [0.25, 0.3) is 10.2 Å². The first kappa shape index (κ1) is 20.5. The van der Waals surface area contributed by atoms with Gasteiger partial charge in [-0.15, -0.1) is 11.3 Å². The van der Waals surface area contributed by atoms with E-state index in [0.717, 1.165) is 64.5 Å². The van der Waals surface area contributed by atoms with E-state index in [1.165, 1.54) is 43.4 Å². The SMILES string of the molecule is Cc1c(C(=O)N2CCN(C3CCCCC3)CC2)sc2ncnc(NCc3ccco3)c12. The quantitative estimate of drug-likeness (QED) is 0.639. The smallest absolute Gasteiger partial charge is 0.264 e. The predicted octanol–water partition coefficient (Wildman–Crippen LogP) is 4.30. The fourth-order valence-corrected chi connectivity index (χ4v) is 5.99. The van der Waals surface area contributed by atoms with Gasteiger partial charge in [0.25, 0.3) is 5.91 Å². The highest BCUT2D eigenvalue weighted by Crippen LogP contribution is 2.34. The largest absolute Gasteiger partial charge is 0.467 e. The van der Waals surface area contributed by atoms with Crippen molar-refractivity contribution in [2.45, 2.75) is 51.6 Å². The number of furan rings is 1. The van der Waals surface area contributed by atoms with Crippen LogP contribution in [0.3, 0.4) is 0 Å². The van der Waals surface area contributed by atoms with Crippen molar-refractivity contribution in [3.05, 3.63) is 40.9 Å². The number of aryl methyl sites for hydroxylation is 1. The Labute approximate surface area is 186 Å². The summed E-state index contributed by atoms with van der Waals surface area (Å²) in [5.74, 6) is 1.71. The van der Waals surface area contributed by atoms with Gasteiger partial charge < -0.3 is 14.6 Å². The van der Waals surface area contributed by atoms with Gasteiger partial charge in [-0.25, -0.2) is 9.97 Å². The molecule has 3 aromatic heterocycles. The second-order valence-electron chi connectivity index (χ2n) is 8.51. The Bertz CT molecular complexity index is 1030. The Morgan fingerprint density at radius 1 is 1.19 bits per heavy atom. The number of nitrogens with one attached hydrogen (secondary N) is 1. The highest BCUT2D eigenvalue weighted by atomic mass is 32.1. The Morgan fingerprint density at radius 3 is 2.74 bits per heavy atom. The van der Waals surface area contributed by atoms with Crippen LogP contribution in [0.5, 0.6) is 0 Å². The number of aromatic nitrogens is 2. The molecule has 1 amide bonds. The minimum atomic E-state index is 0.126. The van der Waals surface area contributed by atoms with E-state index in [-0.39, 0.29) is 5.91 Å². The van der Waals surface area contributed by atoms with Gasteiger partial charge in [-0.05, 0) is 37.5 Å². The predicted molar refractivity (Wildman–Crippen MR) is 123 cm³/mol. The molecule has 0 radical (unpaired) electrons. The molecule has 31 heavy (non-hydrogen) atoms. The van der Waals surface area contributed by atoms with Gasteiger partial charge in [0.05, 0.1) is 23.1 Å². The molecule has 164 valence electrons. The maximum atomic E-state index is 13.4. The van der Waals surface area contributed by atoms with Gasteiger partial charge in [-0.3, -0.25) is 9.69 Å². The van der Waals surface area contributed by atoms with E-state index in [2.05, 4.69) is 20.2 Å². The fraction of sp³-hybridized carbons (Fsp3) is 0.522. The number of nitrogens with zero attached hydrogens (tertiary/aromatic N) is 4. The number of hydrogen-bond donors (Lipinski definition) is 1. The number of thiophene rings is 1. The van der Waals surface area contributed by atoms with Gasteiger partial charge in [0.1, 0.15) is 22.7 Å². The van der Waals surface area contributed by atoms with E-state index in [1.807, 2.05) is 24.0 Å². The van der Waals surface area contributed by atoms with Gasteiger partial charge in [-0.2, -0.15) is 0 Å². The minimum absolute atomic E-state index is 0.126. The molecular weight excluding hydrogens is 410 g/mol. The summed E-state index contributed by atoms with van der Waals surface area (Å²) in [6.07, 6.45) is 9.92. The zero-order valence-corrected chi connectivity index (χ0v) is 18.8. The van der Waals surface area contributed by atoms with Crippen molar-refractivity contribution in [3.8, 4) is 0 Å². The first-order valence-corrected chi connectivity index (χ1v) is 12.1. The molecule has 3 aromatic rings. The number of carbonyl (C=O) groups is 1. The molecule has 0 spiro atoms. The molecular formula is C23H29N5O2S. The van der Waals surface area contributed by atoms with Crippen LogP contribution in [0, 0.1) is 6.92 Å². The molecule has 1 N–H and O–H groups in total. The second kappa shape index (κ2) is 8.96. The lowest BCUT2D eigenvalue weighted by atomic mass is 9.94. The molecule has 7 nitrogen and oxygen atoms in total. The molecule has 1 aliphatic carbocycles. The lowest BCUT2D eigenvalue weighted by Gasteiger charge is -2.40. The van der Waals surface area contributed by atoms with Crippen molar-refractivity contribution in [2.75, 3.05) is 31.5 Å². The molecule has 2 aliphatic rings. The molecule has 2 fully saturated rings. The number of carbonyl (C=O) groups excluding carboxylic acids is 1. The summed E-state index contributed by atoms with van der Waals surface area (Å²) in [5, 5.41) is 4.27. The summed E-state index contributed by atoms with van der Waals surface area (Å²) in [4.78, 5) is 28.5. The van der Waals surface area contributed by atoms with Crippen LogP contribution in [-0.4, -0.2) is 57.9 Å². The van der Waals surface area contributed by atoms with E-state index >= 15 is 0 Å². The molecule has 0 aromatic carbocycles. The Kier molecular flexibility index (Phi) is 5.91. The second-order valence-corrected chi connectivity index (χ2v) is 9.51. The third kappa shape index (κ3) is 4.19. The molecule has 0 bridgehead atoms. The van der Waals surface area contributed by atoms with Crippen LogP contribution in [0.4, 0.5) is 5.82 Å². The Morgan fingerprint density at radius 2 is 2.00 bits per heavy atom. The van der Waals surface area contributed by atoms with E-state index in [9.17, 15) is 4.79 Å². The lowest BCUT2D eigenvalue weighted by molar-refractivity contribution is 0.0527. The summed E-state index contributed by atoms with van der Waals surface area (Å²) in [6.45, 7) is 6.12. The number of fused-ring (bicyclic) bond motifs is 1. The third-order valence-corrected chi connectivity index (χ3v) is 7.81. The topological polar surface area (TPSA) is 74.5 Å². The Balaban J connectivity index is 1.30. The first-order valence-electron chi connectivity index (χ1n) is 11.2. The summed E-state index contributed by atoms with van der Waals surface area (Å²) >= 11 is 1.47. The molecule has 8 heteroatoms. The van der Waals surface area contributed by atoms with Crippen molar-refractivity contribution < 1.29 is 9.21 Å². The number of piperazine rings is 1. The van der Waals surface area contributed by atoms with Gasteiger partial charge in [0.2, 0.25) is 0 Å². The van der Waals surface area contributed by atoms with Crippen LogP contribution in [0.15, 0.2) is 29.1 Å². The van der Waals surface area contributed by atoms with Crippen LogP contribution >= 0.6 is 11.3 Å². The maximum Gasteiger partial charge on any atom is 0.264 e. The zero-order valence-electron chi connectivity index (χ0n) is 18.0. The molecule has 0 unspecified atom stereocenters. The van der Waals surface area contributed by atoms with Crippen molar-refractivity contribution >= 4 is 33.3 Å². The van der Waals surface area contributed by atoms with Crippen LogP contribution in [-0.2, 0) is 6.54 Å². The maximum absolute atomic E-state index is 13.4. The highest BCUT2D eigenvalue weighted by Gasteiger charge is 2.29. The molecule has 1 saturated carbocycles. The molecule has 1 aliphatic heterocycles. The molecule has 4 heterocycles. The normalized spacial score (nSPS) is 18.5. The summed E-state index contributed by atoms with van der Waals surface area (Å²) in [6, 6.07) is 4.51. The average Bonchev–Trinajstić information content (AvgIpc) is 3.46. The van der Waals surface area contributed by atoms with Crippen molar-refractivity contribution in [2.24, 2.45) is 0 Å². The lowest BCUT2D eigenvalue weighted by Crippen LogP contribution is -2.52. The number of rotatable bonds is 5. The fourth-order valence-electron chi connectivity index (χ4n) is 4.87. The number of amides is 1. The standard InChI is InChI=1S/C23H29N5O2S/c1-16-19-21(24-14-18-8-5-13-30-18)25-15-26-22(19)31-20(16)23(29)28-11-9-27(10-12-28)17-6-3-2-4-7-17/h5,8,13,15,17H,2-4,6-7,9-12,14H2,1H3,(H,24,25,26). The van der Waals surface area contributed by atoms with Crippen molar-refractivity contribution in [3.63, 3.8) is 0 Å². The molecule has 0 atom stereocenters. The van der Waals surface area contributed by atoms with E-state index in [1.54, 1.807) is 12.6 Å². The summed E-state index contributed by atoms with van der Waals surface area (Å²) < 4.78 is 5.40. The van der Waals surface area contributed by atoms with Gasteiger partial charge in [0.15, 0.2) is 0 Å². The van der Waals surface area contributed by atoms with E-state index in [4.69, 9.17) is 4.42 Å².